The van der Waals surface area contributed by atoms with E-state index >= 15 is 0 Å². The predicted molar refractivity (Wildman–Crippen MR) is 153 cm³/mol. The first kappa shape index (κ1) is 27.9. The lowest BCUT2D eigenvalue weighted by Crippen LogP contribution is -2.66. The first-order valence-electron chi connectivity index (χ1n) is 13.0. The van der Waals surface area contributed by atoms with Gasteiger partial charge in [0.1, 0.15) is 0 Å². The van der Waals surface area contributed by atoms with Crippen molar-refractivity contribution in [3.8, 4) is 5.69 Å². The van der Waals surface area contributed by atoms with Crippen molar-refractivity contribution in [3.05, 3.63) is 91.0 Å². The summed E-state index contributed by atoms with van der Waals surface area (Å²) in [5, 5.41) is 13.6. The lowest BCUT2D eigenvalue weighted by atomic mass is 10.1. The Morgan fingerprint density at radius 2 is 1.37 bits per heavy atom. The summed E-state index contributed by atoms with van der Waals surface area (Å²) in [7, 11) is -6.27. The van der Waals surface area contributed by atoms with Gasteiger partial charge in [-0.25, -0.2) is 8.42 Å². The second kappa shape index (κ2) is 11.7. The summed E-state index contributed by atoms with van der Waals surface area (Å²) >= 11 is 0. The molecule has 0 saturated heterocycles. The van der Waals surface area contributed by atoms with Crippen molar-refractivity contribution in [3.63, 3.8) is 0 Å². The molecule has 1 heterocycles. The fourth-order valence-corrected chi connectivity index (χ4v) is 10.9. The normalized spacial score (nSPS) is 13.4. The minimum absolute atomic E-state index is 0.0272. The second-order valence-corrected chi connectivity index (χ2v) is 17.0. The average molecular weight is 549 g/mol. The van der Waals surface area contributed by atoms with Gasteiger partial charge in [-0.05, 0) is 56.7 Å². The van der Waals surface area contributed by atoms with Gasteiger partial charge in [-0.3, -0.25) is 0 Å². The largest absolute Gasteiger partial charge is 0.407 e. The predicted octanol–water partition coefficient (Wildman–Crippen LogP) is 4.43. The number of hydrogen-bond acceptors (Lipinski definition) is 6. The van der Waals surface area contributed by atoms with Crippen molar-refractivity contribution < 1.29 is 12.8 Å². The molecule has 0 aliphatic heterocycles. The Morgan fingerprint density at radius 1 is 0.842 bits per heavy atom. The number of benzene rings is 3. The van der Waals surface area contributed by atoms with Crippen LogP contribution in [-0.4, -0.2) is 49.3 Å². The van der Waals surface area contributed by atoms with E-state index in [1.807, 2.05) is 30.3 Å². The van der Waals surface area contributed by atoms with Crippen LogP contribution >= 0.6 is 0 Å². The van der Waals surface area contributed by atoms with Crippen LogP contribution in [0.1, 0.15) is 40.5 Å². The maximum absolute atomic E-state index is 13.1. The molecule has 0 N–H and O–H groups in total. The molecule has 4 rings (SSSR count). The van der Waals surface area contributed by atoms with E-state index in [1.54, 1.807) is 12.1 Å². The molecule has 0 saturated carbocycles. The van der Waals surface area contributed by atoms with E-state index in [-0.39, 0.29) is 21.9 Å². The molecular weight excluding hydrogens is 512 g/mol. The highest BCUT2D eigenvalue weighted by molar-refractivity contribution is 7.91. The Morgan fingerprint density at radius 3 is 1.89 bits per heavy atom. The SMILES string of the molecule is C[C@H](CCO[Si](c1ccccc1)(c1ccccc1)C(C)(C)C)CCS(=O)(=O)c1nnnn1-c1ccccc1. The minimum atomic E-state index is -3.66. The highest BCUT2D eigenvalue weighted by Crippen LogP contribution is 2.37. The van der Waals surface area contributed by atoms with E-state index < -0.39 is 18.2 Å². The van der Waals surface area contributed by atoms with Gasteiger partial charge < -0.3 is 4.43 Å². The van der Waals surface area contributed by atoms with Gasteiger partial charge >= 0.3 is 0 Å². The van der Waals surface area contributed by atoms with Crippen LogP contribution in [0.15, 0.2) is 96.2 Å². The number of rotatable bonds is 11. The zero-order valence-corrected chi connectivity index (χ0v) is 24.3. The molecule has 0 aliphatic carbocycles. The molecule has 0 aliphatic rings. The standard InChI is InChI=1S/C29H36N4O3SSi/c1-24(21-23-37(34,35)28-30-31-32-33(28)25-14-8-5-9-15-25)20-22-36-38(29(2,3)4,26-16-10-6-11-17-26)27-18-12-7-13-19-27/h5-19,24H,20-23H2,1-4H3/t24-/m1/s1. The van der Waals surface area contributed by atoms with Gasteiger partial charge in [-0.15, -0.1) is 0 Å². The van der Waals surface area contributed by atoms with E-state index in [4.69, 9.17) is 4.43 Å². The van der Waals surface area contributed by atoms with Gasteiger partial charge in [0.05, 0.1) is 11.4 Å². The van der Waals surface area contributed by atoms with Crippen LogP contribution in [-0.2, 0) is 14.3 Å². The molecule has 7 nitrogen and oxygen atoms in total. The number of hydrogen-bond donors (Lipinski definition) is 0. The molecule has 0 amide bonds. The van der Waals surface area contributed by atoms with Gasteiger partial charge in [0, 0.05) is 6.61 Å². The van der Waals surface area contributed by atoms with Crippen molar-refractivity contribution in [2.75, 3.05) is 12.4 Å². The molecule has 0 spiro atoms. The van der Waals surface area contributed by atoms with Gasteiger partial charge in [0.15, 0.2) is 0 Å². The smallest absolute Gasteiger partial charge is 0.272 e. The maximum atomic E-state index is 13.1. The number of tetrazole rings is 1. The van der Waals surface area contributed by atoms with E-state index in [1.165, 1.54) is 15.1 Å². The Hall–Kier alpha value is -3.14. The van der Waals surface area contributed by atoms with Crippen molar-refractivity contribution in [2.24, 2.45) is 5.92 Å². The summed E-state index contributed by atoms with van der Waals surface area (Å²) in [6, 6.07) is 30.1. The van der Waals surface area contributed by atoms with E-state index in [0.717, 1.165) is 6.42 Å². The molecule has 1 atom stereocenters. The summed E-state index contributed by atoms with van der Waals surface area (Å²) < 4.78 is 34.5. The summed E-state index contributed by atoms with van der Waals surface area (Å²) in [6.45, 7) is 9.39. The lowest BCUT2D eigenvalue weighted by Gasteiger charge is -2.43. The molecule has 0 fully saturated rings. The second-order valence-electron chi connectivity index (χ2n) is 10.7. The summed E-state index contributed by atoms with van der Waals surface area (Å²) in [4.78, 5) is 0. The van der Waals surface area contributed by atoms with Gasteiger partial charge in [0.2, 0.25) is 9.84 Å². The summed E-state index contributed by atoms with van der Waals surface area (Å²) in [6.07, 6.45) is 1.25. The molecular formula is C29H36N4O3SSi. The third-order valence-electron chi connectivity index (χ3n) is 6.95. The third-order valence-corrected chi connectivity index (χ3v) is 13.6. The molecule has 9 heteroatoms. The highest BCUT2D eigenvalue weighted by Gasteiger charge is 2.50. The first-order valence-corrected chi connectivity index (χ1v) is 16.5. The van der Waals surface area contributed by atoms with Crippen LogP contribution in [0.4, 0.5) is 0 Å². The van der Waals surface area contributed by atoms with Crippen LogP contribution in [0.2, 0.25) is 5.04 Å². The molecule has 200 valence electrons. The number of aromatic nitrogens is 4. The van der Waals surface area contributed by atoms with Gasteiger partial charge in [-0.2, -0.15) is 4.68 Å². The third kappa shape index (κ3) is 5.95. The van der Waals surface area contributed by atoms with Crippen molar-refractivity contribution in [1.82, 2.24) is 20.2 Å². The molecule has 1 aromatic heterocycles. The summed E-state index contributed by atoms with van der Waals surface area (Å²) in [5.74, 6) is 0.115. The van der Waals surface area contributed by atoms with Gasteiger partial charge in [-0.1, -0.05) is 112 Å². The topological polar surface area (TPSA) is 87.0 Å². The Kier molecular flexibility index (Phi) is 8.60. The quantitative estimate of drug-likeness (QED) is 0.258. The summed E-state index contributed by atoms with van der Waals surface area (Å²) in [5.41, 5.74) is 0.614. The zero-order chi connectivity index (χ0) is 27.2. The lowest BCUT2D eigenvalue weighted by molar-refractivity contribution is 0.266. The minimum Gasteiger partial charge on any atom is -0.407 e. The molecule has 38 heavy (non-hydrogen) atoms. The fourth-order valence-electron chi connectivity index (χ4n) is 4.87. The van der Waals surface area contributed by atoms with Crippen molar-refractivity contribution >= 4 is 28.5 Å². The number of nitrogens with zero attached hydrogens (tertiary/aromatic N) is 4. The number of sulfone groups is 1. The monoisotopic (exact) mass is 548 g/mol. The van der Waals surface area contributed by atoms with Crippen LogP contribution < -0.4 is 10.4 Å². The molecule has 0 unspecified atom stereocenters. The Balaban J connectivity index is 1.46. The maximum Gasteiger partial charge on any atom is 0.272 e. The first-order chi connectivity index (χ1) is 18.1. The van der Waals surface area contributed by atoms with Gasteiger partial charge in [0.25, 0.3) is 13.5 Å². The van der Waals surface area contributed by atoms with E-state index in [0.29, 0.717) is 18.7 Å². The molecule has 3 aromatic carbocycles. The zero-order valence-electron chi connectivity index (χ0n) is 22.5. The molecule has 0 bridgehead atoms. The Bertz CT molecular complexity index is 1370. The average Bonchev–Trinajstić information content (AvgIpc) is 3.42. The van der Waals surface area contributed by atoms with Crippen LogP contribution in [0.25, 0.3) is 5.69 Å². The van der Waals surface area contributed by atoms with Crippen molar-refractivity contribution in [2.45, 2.75) is 50.7 Å². The Labute approximate surface area is 226 Å². The van der Waals surface area contributed by atoms with E-state index in [2.05, 4.69) is 91.8 Å². The van der Waals surface area contributed by atoms with E-state index in [9.17, 15) is 8.42 Å². The molecule has 0 radical (unpaired) electrons. The van der Waals surface area contributed by atoms with Crippen LogP contribution in [0.5, 0.6) is 0 Å². The molecule has 4 aromatic rings. The highest BCUT2D eigenvalue weighted by atomic mass is 32.2. The van der Waals surface area contributed by atoms with Crippen molar-refractivity contribution in [1.29, 1.82) is 0 Å². The fraction of sp³-hybridized carbons (Fsp3) is 0.345. The van der Waals surface area contributed by atoms with Crippen LogP contribution in [0.3, 0.4) is 0 Å². The number of para-hydroxylation sites is 1. The van der Waals surface area contributed by atoms with Crippen LogP contribution in [0, 0.1) is 5.92 Å².